The van der Waals surface area contributed by atoms with E-state index in [9.17, 15) is 0 Å². The number of nitriles is 1. The third-order valence-electron chi connectivity index (χ3n) is 2.28. The fraction of sp³-hybridized carbons (Fsp3) is 0.143. The van der Waals surface area contributed by atoms with Gasteiger partial charge in [-0.1, -0.05) is 30.3 Å². The van der Waals surface area contributed by atoms with Crippen LogP contribution in [0, 0.1) is 17.5 Å². The number of hydrogen-bond acceptors (Lipinski definition) is 3. The van der Waals surface area contributed by atoms with Crippen LogP contribution in [-0.4, -0.2) is 11.6 Å². The first-order valence-corrected chi connectivity index (χ1v) is 5.34. The van der Waals surface area contributed by atoms with E-state index < -0.39 is 0 Å². The molecule has 0 amide bonds. The van der Waals surface area contributed by atoms with Gasteiger partial charge in [0.05, 0.1) is 12.2 Å². The van der Waals surface area contributed by atoms with Crippen molar-refractivity contribution >= 4 is 0 Å². The topological polar surface area (TPSA) is 45.9 Å². The summed E-state index contributed by atoms with van der Waals surface area (Å²) >= 11 is 0. The Kier molecular flexibility index (Phi) is 3.72. The van der Waals surface area contributed by atoms with Crippen LogP contribution >= 0.6 is 0 Å². The van der Waals surface area contributed by atoms with Gasteiger partial charge in [-0.3, -0.25) is 0 Å². The van der Waals surface area contributed by atoms with E-state index in [0.717, 1.165) is 6.42 Å². The lowest BCUT2D eigenvalue weighted by molar-refractivity contribution is 0.309. The summed E-state index contributed by atoms with van der Waals surface area (Å²) < 4.78 is 5.46. The van der Waals surface area contributed by atoms with Crippen molar-refractivity contribution in [2.45, 2.75) is 6.42 Å². The van der Waals surface area contributed by atoms with E-state index >= 15 is 0 Å². The molecule has 0 unspecified atom stereocenters. The maximum Gasteiger partial charge on any atom is 0.213 e. The Morgan fingerprint density at radius 3 is 2.65 bits per heavy atom. The van der Waals surface area contributed by atoms with Crippen LogP contribution in [0.2, 0.25) is 0 Å². The summed E-state index contributed by atoms with van der Waals surface area (Å²) in [7, 11) is 0. The molecule has 2 rings (SSSR count). The SMILES string of the molecule is N#Cc1[c]nc(OCCc2ccccc2)cc1. The quantitative estimate of drug-likeness (QED) is 0.799. The minimum Gasteiger partial charge on any atom is -0.477 e. The van der Waals surface area contributed by atoms with Crippen LogP contribution in [0.4, 0.5) is 0 Å². The van der Waals surface area contributed by atoms with Crippen molar-refractivity contribution in [1.82, 2.24) is 4.98 Å². The summed E-state index contributed by atoms with van der Waals surface area (Å²) in [5.41, 5.74) is 1.64. The molecule has 0 spiro atoms. The second-order valence-electron chi connectivity index (χ2n) is 3.50. The third kappa shape index (κ3) is 3.32. The Morgan fingerprint density at radius 2 is 2.00 bits per heavy atom. The summed E-state index contributed by atoms with van der Waals surface area (Å²) in [6.07, 6.45) is 3.44. The van der Waals surface area contributed by atoms with Crippen molar-refractivity contribution < 1.29 is 4.74 Å². The lowest BCUT2D eigenvalue weighted by atomic mass is 10.2. The normalized spacial score (nSPS) is 9.59. The van der Waals surface area contributed by atoms with Crippen molar-refractivity contribution in [2.75, 3.05) is 6.61 Å². The molecule has 17 heavy (non-hydrogen) atoms. The smallest absolute Gasteiger partial charge is 0.213 e. The molecule has 2 aromatic rings. The number of pyridine rings is 1. The lowest BCUT2D eigenvalue weighted by Gasteiger charge is -2.04. The third-order valence-corrected chi connectivity index (χ3v) is 2.28. The van der Waals surface area contributed by atoms with E-state index in [-0.39, 0.29) is 0 Å². The zero-order chi connectivity index (χ0) is 11.9. The highest BCUT2D eigenvalue weighted by Crippen LogP contribution is 2.07. The molecule has 0 atom stereocenters. The number of nitrogens with zero attached hydrogens (tertiary/aromatic N) is 2. The van der Waals surface area contributed by atoms with E-state index in [1.165, 1.54) is 5.56 Å². The van der Waals surface area contributed by atoms with Gasteiger partial charge in [-0.25, -0.2) is 4.98 Å². The van der Waals surface area contributed by atoms with Gasteiger partial charge in [0.1, 0.15) is 12.3 Å². The molecular formula is C14H11N2O. The Morgan fingerprint density at radius 1 is 1.18 bits per heavy atom. The van der Waals surface area contributed by atoms with E-state index in [1.807, 2.05) is 24.3 Å². The number of rotatable bonds is 4. The van der Waals surface area contributed by atoms with E-state index in [2.05, 4.69) is 23.3 Å². The van der Waals surface area contributed by atoms with Crippen molar-refractivity contribution in [2.24, 2.45) is 0 Å². The average Bonchev–Trinajstić information content (AvgIpc) is 2.41. The van der Waals surface area contributed by atoms with Crippen molar-refractivity contribution in [3.8, 4) is 11.9 Å². The molecule has 1 heterocycles. The van der Waals surface area contributed by atoms with Crippen molar-refractivity contribution in [3.05, 3.63) is 59.8 Å². The molecule has 0 saturated heterocycles. The van der Waals surface area contributed by atoms with Gasteiger partial charge in [-0.05, 0) is 11.6 Å². The minimum atomic E-state index is 0.417. The molecule has 0 saturated carbocycles. The summed E-state index contributed by atoms with van der Waals surface area (Å²) in [6.45, 7) is 0.566. The predicted octanol–water partition coefficient (Wildman–Crippen LogP) is 2.37. The average molecular weight is 223 g/mol. The Labute approximate surface area is 100 Å². The highest BCUT2D eigenvalue weighted by atomic mass is 16.5. The second-order valence-corrected chi connectivity index (χ2v) is 3.50. The first-order chi connectivity index (χ1) is 8.38. The van der Waals surface area contributed by atoms with Crippen LogP contribution in [-0.2, 0) is 6.42 Å². The predicted molar refractivity (Wildman–Crippen MR) is 63.4 cm³/mol. The number of benzene rings is 1. The number of ether oxygens (including phenoxy) is 1. The second kappa shape index (κ2) is 5.66. The van der Waals surface area contributed by atoms with E-state index in [1.54, 1.807) is 12.1 Å². The first-order valence-electron chi connectivity index (χ1n) is 5.34. The Hall–Kier alpha value is -2.34. The highest BCUT2D eigenvalue weighted by molar-refractivity contribution is 5.27. The summed E-state index contributed by atoms with van der Waals surface area (Å²) in [5, 5.41) is 8.59. The van der Waals surface area contributed by atoms with Crippen LogP contribution in [0.3, 0.4) is 0 Å². The van der Waals surface area contributed by atoms with Gasteiger partial charge in [0.25, 0.3) is 0 Å². The van der Waals surface area contributed by atoms with Crippen LogP contribution in [0.5, 0.6) is 5.88 Å². The van der Waals surface area contributed by atoms with Gasteiger partial charge in [-0.2, -0.15) is 5.26 Å². The largest absolute Gasteiger partial charge is 0.477 e. The molecular weight excluding hydrogens is 212 g/mol. The fourth-order valence-electron chi connectivity index (χ4n) is 1.41. The monoisotopic (exact) mass is 223 g/mol. The van der Waals surface area contributed by atoms with Crippen LogP contribution in [0.15, 0.2) is 42.5 Å². The molecule has 3 nitrogen and oxygen atoms in total. The highest BCUT2D eigenvalue weighted by Gasteiger charge is 1.97. The van der Waals surface area contributed by atoms with Gasteiger partial charge in [0.15, 0.2) is 0 Å². The van der Waals surface area contributed by atoms with E-state index in [4.69, 9.17) is 10.00 Å². The molecule has 1 radical (unpaired) electrons. The van der Waals surface area contributed by atoms with Crippen molar-refractivity contribution in [1.29, 1.82) is 5.26 Å². The standard InChI is InChI=1S/C14H11N2O/c15-10-13-6-7-14(16-11-13)17-9-8-12-4-2-1-3-5-12/h1-7H,8-9H2. The molecule has 0 N–H and O–H groups in total. The fourth-order valence-corrected chi connectivity index (χ4v) is 1.41. The molecule has 0 aliphatic heterocycles. The maximum atomic E-state index is 8.59. The maximum absolute atomic E-state index is 8.59. The molecule has 0 aliphatic carbocycles. The van der Waals surface area contributed by atoms with E-state index in [0.29, 0.717) is 18.1 Å². The molecule has 3 heteroatoms. The number of hydrogen-bond donors (Lipinski definition) is 0. The zero-order valence-electron chi connectivity index (χ0n) is 9.26. The minimum absolute atomic E-state index is 0.417. The van der Waals surface area contributed by atoms with Crippen molar-refractivity contribution in [3.63, 3.8) is 0 Å². The molecule has 1 aromatic carbocycles. The molecule has 0 bridgehead atoms. The molecule has 1 aromatic heterocycles. The van der Waals surface area contributed by atoms with Crippen LogP contribution in [0.25, 0.3) is 0 Å². The van der Waals surface area contributed by atoms with Crippen LogP contribution < -0.4 is 4.74 Å². The first kappa shape index (κ1) is 11.2. The Balaban J connectivity index is 1.84. The molecule has 0 fully saturated rings. The summed E-state index contributed by atoms with van der Waals surface area (Å²) in [4.78, 5) is 3.91. The summed E-state index contributed by atoms with van der Waals surface area (Å²) in [6, 6.07) is 15.4. The molecule has 83 valence electrons. The van der Waals surface area contributed by atoms with Gasteiger partial charge in [0.2, 0.25) is 5.88 Å². The lowest BCUT2D eigenvalue weighted by Crippen LogP contribution is -2.02. The number of aromatic nitrogens is 1. The van der Waals surface area contributed by atoms with Gasteiger partial charge >= 0.3 is 0 Å². The van der Waals surface area contributed by atoms with Gasteiger partial charge < -0.3 is 4.74 Å². The van der Waals surface area contributed by atoms with Gasteiger partial charge in [0, 0.05) is 12.5 Å². The summed E-state index contributed by atoms with van der Waals surface area (Å²) in [5.74, 6) is 0.500. The molecule has 0 aliphatic rings. The van der Waals surface area contributed by atoms with Gasteiger partial charge in [-0.15, -0.1) is 0 Å². The zero-order valence-corrected chi connectivity index (χ0v) is 9.26. The van der Waals surface area contributed by atoms with Crippen LogP contribution in [0.1, 0.15) is 11.1 Å². The Bertz CT molecular complexity index is 500.